The van der Waals surface area contributed by atoms with Gasteiger partial charge in [0.2, 0.25) is 11.2 Å². The number of carbonyl (C=O) groups is 2. The van der Waals surface area contributed by atoms with Gasteiger partial charge in [0.05, 0.1) is 11.1 Å². The largest absolute Gasteiger partial charge is 0.504 e. The van der Waals surface area contributed by atoms with Crippen LogP contribution < -0.4 is 0 Å². The zero-order valence-electron chi connectivity index (χ0n) is 11.1. The van der Waals surface area contributed by atoms with E-state index in [-0.39, 0.29) is 11.7 Å². The second kappa shape index (κ2) is 5.13. The lowest BCUT2D eigenvalue weighted by Gasteiger charge is -2.27. The predicted octanol–water partition coefficient (Wildman–Crippen LogP) is 2.56. The van der Waals surface area contributed by atoms with E-state index in [4.69, 9.17) is 5.39 Å². The first kappa shape index (κ1) is 13.7. The van der Waals surface area contributed by atoms with Crippen LogP contribution in [-0.2, 0) is 0 Å². The molecule has 6 heteroatoms. The van der Waals surface area contributed by atoms with E-state index >= 15 is 0 Å². The summed E-state index contributed by atoms with van der Waals surface area (Å²) in [6.07, 6.45) is 0.828. The molecule has 6 nitrogen and oxygen atoms in total. The average molecular weight is 272 g/mol. The standard InChI is InChI=1S/C14H13N3O3/c1-8(2)12(11(18)7-16-15)17-13(19)9-5-3-4-6-10(9)14(17)20/h3-8,12H,1-2H3/p+1. The maximum atomic E-state index is 12.3. The lowest BCUT2D eigenvalue weighted by molar-refractivity contribution is 0.0531. The van der Waals surface area contributed by atoms with Crippen LogP contribution in [0, 0.1) is 11.3 Å². The van der Waals surface area contributed by atoms with E-state index < -0.39 is 17.9 Å². The summed E-state index contributed by atoms with van der Waals surface area (Å²) in [5.41, 5.74) is 0.633. The Kier molecular flexibility index (Phi) is 3.53. The minimum absolute atomic E-state index is 0.227. The van der Waals surface area contributed by atoms with Crippen molar-refractivity contribution in [2.75, 3.05) is 0 Å². The fourth-order valence-corrected chi connectivity index (χ4v) is 2.37. The minimum Gasteiger partial charge on any atom is -0.504 e. The van der Waals surface area contributed by atoms with E-state index in [1.807, 2.05) is 0 Å². The summed E-state index contributed by atoms with van der Waals surface area (Å²) in [4.78, 5) is 28.4. The molecule has 0 fully saturated rings. The van der Waals surface area contributed by atoms with E-state index in [2.05, 4.69) is 4.98 Å². The molecule has 0 spiro atoms. The molecule has 1 atom stereocenters. The van der Waals surface area contributed by atoms with E-state index in [1.54, 1.807) is 38.1 Å². The fourth-order valence-electron chi connectivity index (χ4n) is 2.37. The average Bonchev–Trinajstić information content (AvgIpc) is 2.65. The number of carbonyl (C=O) groups excluding carboxylic acids is 2. The summed E-state index contributed by atoms with van der Waals surface area (Å²) in [7, 11) is 0. The molecular weight excluding hydrogens is 258 g/mol. The molecule has 0 radical (unpaired) electrons. The van der Waals surface area contributed by atoms with Crippen molar-refractivity contribution in [3.63, 3.8) is 0 Å². The van der Waals surface area contributed by atoms with Gasteiger partial charge in [-0.3, -0.25) is 14.5 Å². The van der Waals surface area contributed by atoms with Crippen LogP contribution >= 0.6 is 0 Å². The highest BCUT2D eigenvalue weighted by Crippen LogP contribution is 2.29. The van der Waals surface area contributed by atoms with E-state index in [0.717, 1.165) is 11.1 Å². The zero-order valence-corrected chi connectivity index (χ0v) is 11.1. The Morgan fingerprint density at radius 2 is 1.75 bits per heavy atom. The summed E-state index contributed by atoms with van der Waals surface area (Å²) < 4.78 is 0. The second-order valence-corrected chi connectivity index (χ2v) is 4.88. The van der Waals surface area contributed by atoms with Crippen molar-refractivity contribution in [1.82, 2.24) is 4.90 Å². The third kappa shape index (κ3) is 2.03. The topological polar surface area (TPSA) is 85.8 Å². The first-order valence-electron chi connectivity index (χ1n) is 6.19. The van der Waals surface area contributed by atoms with Gasteiger partial charge in [-0.2, -0.15) is 0 Å². The number of aliphatic hydroxyl groups is 1. The Morgan fingerprint density at radius 1 is 1.25 bits per heavy atom. The maximum Gasteiger partial charge on any atom is 0.389 e. The number of hydrogen-bond donors (Lipinski definition) is 1. The Balaban J connectivity index is 2.49. The number of nitrogens with zero attached hydrogens (tertiary/aromatic N) is 3. The van der Waals surface area contributed by atoms with Crippen molar-refractivity contribution in [2.45, 2.75) is 19.9 Å². The summed E-state index contributed by atoms with van der Waals surface area (Å²) in [5, 5.41) is 18.4. The van der Waals surface area contributed by atoms with Gasteiger partial charge in [-0.05, 0) is 18.1 Å². The molecule has 0 aliphatic carbocycles. The van der Waals surface area contributed by atoms with Crippen LogP contribution in [0.1, 0.15) is 34.6 Å². The van der Waals surface area contributed by atoms with Gasteiger partial charge in [0.1, 0.15) is 6.04 Å². The molecule has 1 aliphatic rings. The van der Waals surface area contributed by atoms with Gasteiger partial charge in [0, 0.05) is 0 Å². The second-order valence-electron chi connectivity index (χ2n) is 4.88. The molecule has 1 aromatic rings. The molecule has 1 N–H and O–H groups in total. The molecule has 102 valence electrons. The zero-order chi connectivity index (χ0) is 14.9. The number of rotatable bonds is 3. The van der Waals surface area contributed by atoms with Crippen LogP contribution in [0.25, 0.3) is 4.98 Å². The molecule has 1 heterocycles. The summed E-state index contributed by atoms with van der Waals surface area (Å²) in [6.45, 7) is 3.52. The first-order chi connectivity index (χ1) is 9.49. The van der Waals surface area contributed by atoms with Gasteiger partial charge < -0.3 is 5.11 Å². The summed E-state index contributed by atoms with van der Waals surface area (Å²) >= 11 is 0. The third-order valence-electron chi connectivity index (χ3n) is 3.23. The summed E-state index contributed by atoms with van der Waals surface area (Å²) in [5.74, 6) is -1.48. The lowest BCUT2D eigenvalue weighted by Crippen LogP contribution is -2.44. The van der Waals surface area contributed by atoms with Gasteiger partial charge in [0.15, 0.2) is 4.98 Å². The molecule has 0 saturated heterocycles. The van der Waals surface area contributed by atoms with Crippen LogP contribution in [-0.4, -0.2) is 27.9 Å². The van der Waals surface area contributed by atoms with E-state index in [1.165, 1.54) is 0 Å². The van der Waals surface area contributed by atoms with Crippen LogP contribution in [0.15, 0.2) is 36.2 Å². The van der Waals surface area contributed by atoms with Crippen molar-refractivity contribution in [3.8, 4) is 0 Å². The number of imide groups is 1. The Hall–Kier alpha value is -2.68. The van der Waals surface area contributed by atoms with Gasteiger partial charge in [-0.1, -0.05) is 26.0 Å². The van der Waals surface area contributed by atoms with Crippen LogP contribution in [0.4, 0.5) is 0 Å². The van der Waals surface area contributed by atoms with Crippen molar-refractivity contribution in [2.24, 2.45) is 5.92 Å². The van der Waals surface area contributed by atoms with Gasteiger partial charge in [0.25, 0.3) is 11.8 Å². The molecule has 2 rings (SSSR count). The first-order valence-corrected chi connectivity index (χ1v) is 6.19. The highest BCUT2D eigenvalue weighted by Gasteiger charge is 2.43. The van der Waals surface area contributed by atoms with E-state index in [0.29, 0.717) is 11.1 Å². The highest BCUT2D eigenvalue weighted by molar-refractivity contribution is 6.21. The minimum atomic E-state index is -0.863. The molecule has 2 amide bonds. The predicted molar refractivity (Wildman–Crippen MR) is 71.4 cm³/mol. The van der Waals surface area contributed by atoms with Crippen molar-refractivity contribution in [3.05, 3.63) is 52.3 Å². The molecule has 0 aromatic heterocycles. The fraction of sp³-hybridized carbons (Fsp3) is 0.286. The third-order valence-corrected chi connectivity index (χ3v) is 3.23. The molecule has 0 bridgehead atoms. The van der Waals surface area contributed by atoms with Crippen molar-refractivity contribution in [1.29, 1.82) is 5.39 Å². The molecule has 1 aliphatic heterocycles. The van der Waals surface area contributed by atoms with Crippen molar-refractivity contribution < 1.29 is 14.7 Å². The van der Waals surface area contributed by atoms with Gasteiger partial charge in [-0.15, -0.1) is 0 Å². The summed E-state index contributed by atoms with van der Waals surface area (Å²) in [6, 6.07) is 5.64. The van der Waals surface area contributed by atoms with Gasteiger partial charge >= 0.3 is 6.20 Å². The molecule has 20 heavy (non-hydrogen) atoms. The lowest BCUT2D eigenvalue weighted by atomic mass is 10.0. The number of amides is 2. The number of fused-ring (bicyclic) bond motifs is 1. The normalized spacial score (nSPS) is 16.3. The maximum absolute atomic E-state index is 12.3. The molecule has 1 aromatic carbocycles. The molecule has 1 unspecified atom stereocenters. The number of aliphatic hydroxyl groups excluding tert-OH is 1. The number of hydrogen-bond acceptors (Lipinski definition) is 4. The molecule has 0 saturated carbocycles. The Morgan fingerprint density at radius 3 is 2.15 bits per heavy atom. The smallest absolute Gasteiger partial charge is 0.389 e. The van der Waals surface area contributed by atoms with Crippen LogP contribution in [0.5, 0.6) is 0 Å². The van der Waals surface area contributed by atoms with Gasteiger partial charge in [-0.25, -0.2) is 0 Å². The SMILES string of the molecule is CC(C)C(C(O)=C[N+]#N)N1C(=O)c2ccccc2C1=O. The number of benzene rings is 1. The Bertz CT molecular complexity index is 608. The van der Waals surface area contributed by atoms with Crippen molar-refractivity contribution >= 4 is 11.8 Å². The quantitative estimate of drug-likeness (QED) is 0.520. The van der Waals surface area contributed by atoms with Crippen LogP contribution in [0.3, 0.4) is 0 Å². The number of diazo groups is 1. The molecular formula is C14H14N3O3+. The monoisotopic (exact) mass is 272 g/mol. The Labute approximate surface area is 115 Å². The van der Waals surface area contributed by atoms with Crippen LogP contribution in [0.2, 0.25) is 0 Å². The van der Waals surface area contributed by atoms with E-state index in [9.17, 15) is 14.7 Å². The highest BCUT2D eigenvalue weighted by atomic mass is 16.3.